The summed E-state index contributed by atoms with van der Waals surface area (Å²) in [4.78, 5) is 14.3. The minimum absolute atomic E-state index is 0.161. The zero-order valence-electron chi connectivity index (χ0n) is 16.3. The van der Waals surface area contributed by atoms with Gasteiger partial charge in [-0.25, -0.2) is 4.39 Å². The summed E-state index contributed by atoms with van der Waals surface area (Å²) in [7, 11) is 0. The van der Waals surface area contributed by atoms with Gasteiger partial charge in [-0.1, -0.05) is 66.7 Å². The van der Waals surface area contributed by atoms with E-state index in [1.165, 1.54) is 17.0 Å². The number of benzene rings is 3. The first-order valence-corrected chi connectivity index (χ1v) is 9.84. The summed E-state index contributed by atoms with van der Waals surface area (Å²) in [6, 6.07) is 24.5. The van der Waals surface area contributed by atoms with Gasteiger partial charge in [0.05, 0.1) is 25.1 Å². The highest BCUT2D eigenvalue weighted by Gasteiger charge is 2.51. The standard InChI is InChI=1S/C25H21FN2O2/c26-21-12-10-19(11-13-21)18-6-8-20(9-7-18)25-22(15-27)28(23(25)16-29)24(30)14-17-4-2-1-3-5-17/h1-13,22-23,25,29H,14,16H2/t22-,23-,25-/m0/s1. The van der Waals surface area contributed by atoms with E-state index in [9.17, 15) is 19.6 Å². The number of rotatable bonds is 5. The molecule has 150 valence electrons. The Labute approximate surface area is 174 Å². The van der Waals surface area contributed by atoms with Crippen LogP contribution in [-0.4, -0.2) is 34.6 Å². The first kappa shape index (κ1) is 19.8. The molecule has 0 unspecified atom stereocenters. The molecule has 5 heteroatoms. The molecule has 1 saturated heterocycles. The Morgan fingerprint density at radius 1 is 0.967 bits per heavy atom. The minimum atomic E-state index is -0.616. The number of hydrogen-bond donors (Lipinski definition) is 1. The molecular formula is C25H21FN2O2. The molecule has 0 bridgehead atoms. The Morgan fingerprint density at radius 2 is 1.57 bits per heavy atom. The van der Waals surface area contributed by atoms with Crippen molar-refractivity contribution < 1.29 is 14.3 Å². The molecule has 4 nitrogen and oxygen atoms in total. The van der Waals surface area contributed by atoms with Gasteiger partial charge in [-0.2, -0.15) is 5.26 Å². The Kier molecular flexibility index (Phi) is 5.60. The molecule has 0 radical (unpaired) electrons. The molecule has 1 fully saturated rings. The van der Waals surface area contributed by atoms with E-state index >= 15 is 0 Å². The smallest absolute Gasteiger partial charge is 0.228 e. The number of carbonyl (C=O) groups is 1. The summed E-state index contributed by atoms with van der Waals surface area (Å²) >= 11 is 0. The predicted molar refractivity (Wildman–Crippen MR) is 112 cm³/mol. The summed E-state index contributed by atoms with van der Waals surface area (Å²) in [6.45, 7) is -0.205. The predicted octanol–water partition coefficient (Wildman–Crippen LogP) is 3.91. The highest BCUT2D eigenvalue weighted by atomic mass is 19.1. The third-order valence-corrected chi connectivity index (χ3v) is 5.69. The summed E-state index contributed by atoms with van der Waals surface area (Å²) in [5.74, 6) is -0.694. The zero-order valence-corrected chi connectivity index (χ0v) is 16.3. The summed E-state index contributed by atoms with van der Waals surface area (Å²) < 4.78 is 13.1. The van der Waals surface area contributed by atoms with Crippen LogP contribution in [0.3, 0.4) is 0 Å². The number of nitrogens with zero attached hydrogens (tertiary/aromatic N) is 2. The van der Waals surface area contributed by atoms with Crippen molar-refractivity contribution in [2.24, 2.45) is 0 Å². The van der Waals surface area contributed by atoms with Crippen molar-refractivity contribution in [3.63, 3.8) is 0 Å². The van der Waals surface area contributed by atoms with Crippen molar-refractivity contribution in [3.05, 3.63) is 95.8 Å². The molecule has 1 N–H and O–H groups in total. The van der Waals surface area contributed by atoms with Gasteiger partial charge in [0, 0.05) is 5.92 Å². The van der Waals surface area contributed by atoms with E-state index in [-0.39, 0.29) is 30.7 Å². The fourth-order valence-corrected chi connectivity index (χ4v) is 4.15. The van der Waals surface area contributed by atoms with Crippen molar-refractivity contribution in [1.82, 2.24) is 4.90 Å². The lowest BCUT2D eigenvalue weighted by Crippen LogP contribution is -2.65. The normalized spacial score (nSPS) is 20.3. The van der Waals surface area contributed by atoms with Gasteiger partial charge in [-0.3, -0.25) is 4.79 Å². The maximum Gasteiger partial charge on any atom is 0.228 e. The van der Waals surface area contributed by atoms with Crippen LogP contribution in [-0.2, 0) is 11.2 Å². The summed E-state index contributed by atoms with van der Waals surface area (Å²) in [6.07, 6.45) is 0.200. The number of likely N-dealkylation sites (tertiary alicyclic amines) is 1. The molecule has 1 aliphatic rings. The van der Waals surface area contributed by atoms with Crippen LogP contribution in [0.4, 0.5) is 4.39 Å². The fourth-order valence-electron chi connectivity index (χ4n) is 4.15. The highest BCUT2D eigenvalue weighted by molar-refractivity contribution is 5.81. The molecule has 0 saturated carbocycles. The number of aliphatic hydroxyl groups excluding tert-OH is 1. The van der Waals surface area contributed by atoms with Crippen molar-refractivity contribution in [2.45, 2.75) is 24.4 Å². The minimum Gasteiger partial charge on any atom is -0.394 e. The van der Waals surface area contributed by atoms with E-state index in [4.69, 9.17) is 0 Å². The maximum atomic E-state index is 13.1. The first-order chi connectivity index (χ1) is 14.6. The number of aliphatic hydroxyl groups is 1. The van der Waals surface area contributed by atoms with E-state index in [0.29, 0.717) is 0 Å². The molecular weight excluding hydrogens is 379 g/mol. The van der Waals surface area contributed by atoms with Crippen LogP contribution in [0.25, 0.3) is 11.1 Å². The van der Waals surface area contributed by atoms with Crippen molar-refractivity contribution in [2.75, 3.05) is 6.61 Å². The van der Waals surface area contributed by atoms with E-state index in [2.05, 4.69) is 6.07 Å². The lowest BCUT2D eigenvalue weighted by Gasteiger charge is -2.51. The third-order valence-electron chi connectivity index (χ3n) is 5.69. The first-order valence-electron chi connectivity index (χ1n) is 9.84. The van der Waals surface area contributed by atoms with Crippen molar-refractivity contribution in [3.8, 4) is 17.2 Å². The van der Waals surface area contributed by atoms with Crippen LogP contribution in [0.1, 0.15) is 17.0 Å². The Bertz CT molecular complexity index is 1060. The average Bonchev–Trinajstić information content (AvgIpc) is 2.75. The largest absolute Gasteiger partial charge is 0.394 e. The number of halogens is 1. The molecule has 4 rings (SSSR count). The quantitative estimate of drug-likeness (QED) is 0.706. The fraction of sp³-hybridized carbons (Fsp3) is 0.200. The number of amides is 1. The van der Waals surface area contributed by atoms with Crippen LogP contribution in [0, 0.1) is 17.1 Å². The second-order valence-electron chi connectivity index (χ2n) is 7.44. The van der Waals surface area contributed by atoms with Gasteiger partial charge in [0.25, 0.3) is 0 Å². The SMILES string of the molecule is N#C[C@H]1[C@H](c2ccc(-c3ccc(F)cc3)cc2)[C@H](CO)N1C(=O)Cc1ccccc1. The van der Waals surface area contributed by atoms with E-state index in [1.807, 2.05) is 54.6 Å². The molecule has 3 atom stereocenters. The van der Waals surface area contributed by atoms with Gasteiger partial charge in [-0.05, 0) is 34.4 Å². The van der Waals surface area contributed by atoms with Gasteiger partial charge < -0.3 is 10.0 Å². The summed E-state index contributed by atoms with van der Waals surface area (Å²) in [5, 5.41) is 19.7. The lowest BCUT2D eigenvalue weighted by atomic mass is 9.75. The van der Waals surface area contributed by atoms with Crippen LogP contribution in [0.2, 0.25) is 0 Å². The second-order valence-corrected chi connectivity index (χ2v) is 7.44. The summed E-state index contributed by atoms with van der Waals surface area (Å²) in [5.41, 5.74) is 3.61. The van der Waals surface area contributed by atoms with Crippen LogP contribution in [0.15, 0.2) is 78.9 Å². The van der Waals surface area contributed by atoms with Crippen LogP contribution < -0.4 is 0 Å². The molecule has 1 amide bonds. The Morgan fingerprint density at radius 3 is 2.13 bits per heavy atom. The van der Waals surface area contributed by atoms with Crippen molar-refractivity contribution >= 4 is 5.91 Å². The Balaban J connectivity index is 1.53. The molecule has 0 aromatic heterocycles. The molecule has 0 aliphatic carbocycles. The highest BCUT2D eigenvalue weighted by Crippen LogP contribution is 2.41. The average molecular weight is 400 g/mol. The Hall–Kier alpha value is -3.49. The van der Waals surface area contributed by atoms with Gasteiger partial charge in [-0.15, -0.1) is 0 Å². The van der Waals surface area contributed by atoms with Crippen molar-refractivity contribution in [1.29, 1.82) is 5.26 Å². The van der Waals surface area contributed by atoms with Gasteiger partial charge >= 0.3 is 0 Å². The molecule has 3 aromatic carbocycles. The van der Waals surface area contributed by atoms with E-state index in [0.717, 1.165) is 22.3 Å². The lowest BCUT2D eigenvalue weighted by molar-refractivity contribution is -0.146. The molecule has 1 heterocycles. The second kappa shape index (κ2) is 8.48. The number of hydrogen-bond acceptors (Lipinski definition) is 3. The van der Waals surface area contributed by atoms with Gasteiger partial charge in [0.15, 0.2) is 0 Å². The van der Waals surface area contributed by atoms with E-state index in [1.54, 1.807) is 12.1 Å². The molecule has 30 heavy (non-hydrogen) atoms. The molecule has 1 aliphatic heterocycles. The van der Waals surface area contributed by atoms with Gasteiger partial charge in [0.2, 0.25) is 5.91 Å². The molecule has 0 spiro atoms. The van der Waals surface area contributed by atoms with Gasteiger partial charge in [0.1, 0.15) is 11.9 Å². The number of nitriles is 1. The van der Waals surface area contributed by atoms with E-state index < -0.39 is 12.1 Å². The monoisotopic (exact) mass is 400 g/mol. The molecule has 3 aromatic rings. The number of carbonyl (C=O) groups excluding carboxylic acids is 1. The maximum absolute atomic E-state index is 13.1. The van der Waals surface area contributed by atoms with Crippen LogP contribution >= 0.6 is 0 Å². The zero-order chi connectivity index (χ0) is 21.1. The topological polar surface area (TPSA) is 64.3 Å². The third kappa shape index (κ3) is 3.70. The van der Waals surface area contributed by atoms with Crippen LogP contribution in [0.5, 0.6) is 0 Å².